The van der Waals surface area contributed by atoms with E-state index in [4.69, 9.17) is 17.3 Å². The second kappa shape index (κ2) is 4.00. The number of hydrogen-bond acceptors (Lipinski definition) is 2. The van der Waals surface area contributed by atoms with Crippen LogP contribution in [0.15, 0.2) is 35.5 Å². The second-order valence-corrected chi connectivity index (χ2v) is 4.68. The molecule has 0 unspecified atom stereocenters. The van der Waals surface area contributed by atoms with Gasteiger partial charge in [-0.3, -0.25) is 4.98 Å². The topological polar surface area (TPSA) is 51.3 Å². The number of amidine groups is 1. The van der Waals surface area contributed by atoms with Crippen molar-refractivity contribution >= 4 is 34.0 Å². The average molecular weight is 246 g/mol. The first-order valence-electron chi connectivity index (χ1n) is 5.63. The zero-order chi connectivity index (χ0) is 11.8. The van der Waals surface area contributed by atoms with Crippen LogP contribution in [0, 0.1) is 5.92 Å². The number of fused-ring (bicyclic) bond motifs is 1. The van der Waals surface area contributed by atoms with Crippen molar-refractivity contribution < 1.29 is 0 Å². The molecular formula is C13H12ClN3. The van der Waals surface area contributed by atoms with Gasteiger partial charge in [-0.15, -0.1) is 0 Å². The van der Waals surface area contributed by atoms with E-state index in [-0.39, 0.29) is 0 Å². The van der Waals surface area contributed by atoms with E-state index >= 15 is 0 Å². The summed E-state index contributed by atoms with van der Waals surface area (Å²) in [6, 6.07) is 7.51. The Balaban J connectivity index is 2.16. The van der Waals surface area contributed by atoms with Crippen LogP contribution in [0.1, 0.15) is 12.8 Å². The first-order valence-corrected chi connectivity index (χ1v) is 6.01. The molecule has 0 aliphatic heterocycles. The molecule has 17 heavy (non-hydrogen) atoms. The number of aliphatic imine (C=N–C) groups is 1. The summed E-state index contributed by atoms with van der Waals surface area (Å²) in [6.07, 6.45) is 4.04. The number of nitrogens with two attached hydrogens (primary N) is 1. The number of pyridine rings is 1. The Morgan fingerprint density at radius 3 is 2.94 bits per heavy atom. The molecule has 3 rings (SSSR count). The molecule has 86 valence electrons. The predicted octanol–water partition coefficient (Wildman–Crippen LogP) is 3.29. The maximum absolute atomic E-state index is 6.12. The van der Waals surface area contributed by atoms with Crippen molar-refractivity contribution in [2.45, 2.75) is 12.8 Å². The van der Waals surface area contributed by atoms with Crippen LogP contribution in [-0.2, 0) is 0 Å². The fraction of sp³-hybridized carbons (Fsp3) is 0.231. The maximum atomic E-state index is 6.12. The molecule has 0 spiro atoms. The lowest BCUT2D eigenvalue weighted by Gasteiger charge is -2.04. The Labute approximate surface area is 104 Å². The Hall–Kier alpha value is -1.61. The molecular weight excluding hydrogens is 234 g/mol. The van der Waals surface area contributed by atoms with Crippen LogP contribution < -0.4 is 5.73 Å². The fourth-order valence-electron chi connectivity index (χ4n) is 1.82. The molecule has 1 aromatic heterocycles. The summed E-state index contributed by atoms with van der Waals surface area (Å²) in [5.41, 5.74) is 7.54. The molecule has 1 aromatic carbocycles. The minimum atomic E-state index is 0.462. The summed E-state index contributed by atoms with van der Waals surface area (Å²) in [5, 5.41) is 1.61. The molecule has 0 atom stereocenters. The molecule has 2 aromatic rings. The van der Waals surface area contributed by atoms with Gasteiger partial charge in [-0.05, 0) is 37.1 Å². The van der Waals surface area contributed by atoms with Gasteiger partial charge in [0.25, 0.3) is 0 Å². The van der Waals surface area contributed by atoms with E-state index in [0.29, 0.717) is 16.8 Å². The van der Waals surface area contributed by atoms with Crippen LogP contribution in [0.25, 0.3) is 10.9 Å². The summed E-state index contributed by atoms with van der Waals surface area (Å²) in [4.78, 5) is 8.79. The quantitative estimate of drug-likeness (QED) is 0.652. The molecule has 0 amide bonds. The third-order valence-corrected chi connectivity index (χ3v) is 3.27. The molecule has 1 saturated carbocycles. The zero-order valence-corrected chi connectivity index (χ0v) is 9.98. The first kappa shape index (κ1) is 10.5. The summed E-state index contributed by atoms with van der Waals surface area (Å²) < 4.78 is 0. The van der Waals surface area contributed by atoms with Gasteiger partial charge in [0.1, 0.15) is 5.84 Å². The van der Waals surface area contributed by atoms with Gasteiger partial charge in [0.05, 0.1) is 16.2 Å². The Bertz CT molecular complexity index is 603. The SMILES string of the molecule is NC(=Nc1ccc(Cl)c2cccnc12)C1CC1. The van der Waals surface area contributed by atoms with Crippen LogP contribution in [-0.4, -0.2) is 10.8 Å². The van der Waals surface area contributed by atoms with Gasteiger partial charge >= 0.3 is 0 Å². The van der Waals surface area contributed by atoms with E-state index in [1.165, 1.54) is 0 Å². The van der Waals surface area contributed by atoms with Crippen LogP contribution in [0.4, 0.5) is 5.69 Å². The molecule has 3 nitrogen and oxygen atoms in total. The van der Waals surface area contributed by atoms with Gasteiger partial charge in [-0.25, -0.2) is 4.99 Å². The Kier molecular flexibility index (Phi) is 2.48. The second-order valence-electron chi connectivity index (χ2n) is 4.28. The summed E-state index contributed by atoms with van der Waals surface area (Å²) >= 11 is 6.12. The summed E-state index contributed by atoms with van der Waals surface area (Å²) in [7, 11) is 0. The van der Waals surface area contributed by atoms with Crippen LogP contribution in [0.2, 0.25) is 5.02 Å². The molecule has 0 saturated heterocycles. The molecule has 1 aliphatic carbocycles. The van der Waals surface area contributed by atoms with Crippen molar-refractivity contribution in [1.29, 1.82) is 0 Å². The van der Waals surface area contributed by atoms with Gasteiger partial charge in [0.2, 0.25) is 0 Å². The van der Waals surface area contributed by atoms with Gasteiger partial charge in [-0.2, -0.15) is 0 Å². The molecule has 1 aliphatic rings. The summed E-state index contributed by atoms with van der Waals surface area (Å²) in [5.74, 6) is 1.17. The predicted molar refractivity (Wildman–Crippen MR) is 70.8 cm³/mol. The Morgan fingerprint density at radius 1 is 1.35 bits per heavy atom. The maximum Gasteiger partial charge on any atom is 0.103 e. The highest BCUT2D eigenvalue weighted by molar-refractivity contribution is 6.35. The smallest absolute Gasteiger partial charge is 0.103 e. The van der Waals surface area contributed by atoms with Crippen LogP contribution in [0.3, 0.4) is 0 Å². The van der Waals surface area contributed by atoms with Crippen molar-refractivity contribution in [3.63, 3.8) is 0 Å². The van der Waals surface area contributed by atoms with Crippen molar-refractivity contribution in [1.82, 2.24) is 4.98 Å². The molecule has 0 radical (unpaired) electrons. The first-order chi connectivity index (χ1) is 8.25. The number of nitrogens with zero attached hydrogens (tertiary/aromatic N) is 2. The molecule has 2 N–H and O–H groups in total. The standard InChI is InChI=1S/C13H12ClN3/c14-10-5-6-11(17-13(15)8-3-4-8)12-9(10)2-1-7-16-12/h1-2,5-8H,3-4H2,(H2,15,17). The average Bonchev–Trinajstić information content (AvgIpc) is 3.17. The van der Waals surface area contributed by atoms with E-state index < -0.39 is 0 Å². The molecule has 0 bridgehead atoms. The monoisotopic (exact) mass is 245 g/mol. The third kappa shape index (κ3) is 1.98. The number of hydrogen-bond donors (Lipinski definition) is 1. The zero-order valence-electron chi connectivity index (χ0n) is 9.23. The van der Waals surface area contributed by atoms with E-state index in [1.54, 1.807) is 6.20 Å². The van der Waals surface area contributed by atoms with Gasteiger partial charge in [-0.1, -0.05) is 11.6 Å². The van der Waals surface area contributed by atoms with Crippen molar-refractivity contribution in [3.8, 4) is 0 Å². The molecule has 1 fully saturated rings. The van der Waals surface area contributed by atoms with E-state index in [0.717, 1.165) is 29.4 Å². The molecule has 1 heterocycles. The van der Waals surface area contributed by atoms with Crippen molar-refractivity contribution in [2.24, 2.45) is 16.6 Å². The van der Waals surface area contributed by atoms with Gasteiger partial charge < -0.3 is 5.73 Å². The highest BCUT2D eigenvalue weighted by Crippen LogP contribution is 2.33. The minimum Gasteiger partial charge on any atom is -0.387 e. The van der Waals surface area contributed by atoms with Crippen molar-refractivity contribution in [3.05, 3.63) is 35.5 Å². The normalized spacial score (nSPS) is 16.4. The lowest BCUT2D eigenvalue weighted by molar-refractivity contribution is 1.15. The lowest BCUT2D eigenvalue weighted by atomic mass is 10.2. The van der Waals surface area contributed by atoms with Crippen LogP contribution in [0.5, 0.6) is 0 Å². The molecule has 4 heteroatoms. The Morgan fingerprint density at radius 2 is 2.18 bits per heavy atom. The minimum absolute atomic E-state index is 0.462. The number of rotatable bonds is 2. The van der Waals surface area contributed by atoms with Gasteiger partial charge in [0, 0.05) is 17.5 Å². The van der Waals surface area contributed by atoms with E-state index in [1.807, 2.05) is 24.3 Å². The highest BCUT2D eigenvalue weighted by atomic mass is 35.5. The van der Waals surface area contributed by atoms with E-state index in [9.17, 15) is 0 Å². The van der Waals surface area contributed by atoms with E-state index in [2.05, 4.69) is 9.98 Å². The third-order valence-electron chi connectivity index (χ3n) is 2.94. The number of halogens is 1. The lowest BCUT2D eigenvalue weighted by Crippen LogP contribution is -2.13. The highest BCUT2D eigenvalue weighted by Gasteiger charge is 2.25. The summed E-state index contributed by atoms with van der Waals surface area (Å²) in [6.45, 7) is 0. The number of aromatic nitrogens is 1. The largest absolute Gasteiger partial charge is 0.387 e. The fourth-order valence-corrected chi connectivity index (χ4v) is 2.04. The van der Waals surface area contributed by atoms with Crippen molar-refractivity contribution in [2.75, 3.05) is 0 Å². The van der Waals surface area contributed by atoms with Gasteiger partial charge in [0.15, 0.2) is 0 Å². The van der Waals surface area contributed by atoms with Crippen LogP contribution >= 0.6 is 11.6 Å². The number of benzene rings is 1.